The molecule has 1 amide bonds. The number of halogens is 1. The van der Waals surface area contributed by atoms with Crippen molar-refractivity contribution in [3.8, 4) is 16.9 Å². The Kier molecular flexibility index (Phi) is 6.56. The summed E-state index contributed by atoms with van der Waals surface area (Å²) < 4.78 is 10.5. The van der Waals surface area contributed by atoms with E-state index in [4.69, 9.17) is 21.1 Å². The standard InChI is InChI=1S/C22H20ClNO4S/c1-13-7-9-17(10-8-13)28-12-18(25)24-21-20(22(26)27-3)19(14(2)29-21)15-5-4-6-16(23)11-15/h4-11H,12H2,1-3H3,(H,24,25). The van der Waals surface area contributed by atoms with Crippen LogP contribution in [0.15, 0.2) is 48.5 Å². The number of amides is 1. The number of esters is 1. The molecule has 0 fully saturated rings. The molecule has 7 heteroatoms. The van der Waals surface area contributed by atoms with Crippen LogP contribution in [0.1, 0.15) is 20.8 Å². The lowest BCUT2D eigenvalue weighted by Crippen LogP contribution is -2.21. The third-order valence-electron chi connectivity index (χ3n) is 4.23. The molecule has 2 aromatic carbocycles. The summed E-state index contributed by atoms with van der Waals surface area (Å²) in [5.74, 6) is -0.297. The van der Waals surface area contributed by atoms with E-state index in [0.717, 1.165) is 16.0 Å². The number of thiophene rings is 1. The normalized spacial score (nSPS) is 10.5. The number of ether oxygens (including phenoxy) is 2. The van der Waals surface area contributed by atoms with Gasteiger partial charge in [0.25, 0.3) is 5.91 Å². The Labute approximate surface area is 178 Å². The Morgan fingerprint density at radius 3 is 2.48 bits per heavy atom. The molecule has 5 nitrogen and oxygen atoms in total. The van der Waals surface area contributed by atoms with Crippen LogP contribution in [-0.4, -0.2) is 25.6 Å². The molecule has 0 unspecified atom stereocenters. The van der Waals surface area contributed by atoms with Crippen LogP contribution in [0.4, 0.5) is 5.00 Å². The summed E-state index contributed by atoms with van der Waals surface area (Å²) in [6.07, 6.45) is 0. The van der Waals surface area contributed by atoms with E-state index in [9.17, 15) is 9.59 Å². The first kappa shape index (κ1) is 20.9. The third kappa shape index (κ3) is 4.96. The SMILES string of the molecule is COC(=O)c1c(NC(=O)COc2ccc(C)cc2)sc(C)c1-c1cccc(Cl)c1. The summed E-state index contributed by atoms with van der Waals surface area (Å²) in [5, 5.41) is 3.75. The summed E-state index contributed by atoms with van der Waals surface area (Å²) in [7, 11) is 1.31. The van der Waals surface area contributed by atoms with Crippen LogP contribution in [-0.2, 0) is 9.53 Å². The number of benzene rings is 2. The molecule has 0 saturated carbocycles. The molecule has 3 rings (SSSR count). The maximum absolute atomic E-state index is 12.5. The first-order chi connectivity index (χ1) is 13.9. The fourth-order valence-electron chi connectivity index (χ4n) is 2.87. The molecule has 0 aliphatic rings. The Balaban J connectivity index is 1.85. The second-order valence-corrected chi connectivity index (χ2v) is 8.05. The van der Waals surface area contributed by atoms with Gasteiger partial charge in [-0.2, -0.15) is 0 Å². The first-order valence-electron chi connectivity index (χ1n) is 8.86. The van der Waals surface area contributed by atoms with E-state index in [1.807, 2.05) is 38.1 Å². The molecule has 0 aliphatic heterocycles. The van der Waals surface area contributed by atoms with Crippen LogP contribution in [0.2, 0.25) is 5.02 Å². The first-order valence-corrected chi connectivity index (χ1v) is 10.1. The smallest absolute Gasteiger partial charge is 0.341 e. The number of methoxy groups -OCH3 is 1. The van der Waals surface area contributed by atoms with Crippen LogP contribution >= 0.6 is 22.9 Å². The number of carbonyl (C=O) groups is 2. The van der Waals surface area contributed by atoms with Gasteiger partial charge >= 0.3 is 5.97 Å². The second kappa shape index (κ2) is 9.11. The molecule has 0 bridgehead atoms. The van der Waals surface area contributed by atoms with Crippen molar-refractivity contribution in [2.24, 2.45) is 0 Å². The zero-order valence-corrected chi connectivity index (χ0v) is 17.8. The molecule has 0 radical (unpaired) electrons. The highest BCUT2D eigenvalue weighted by Gasteiger charge is 2.25. The lowest BCUT2D eigenvalue weighted by molar-refractivity contribution is -0.118. The van der Waals surface area contributed by atoms with Gasteiger partial charge in [0.2, 0.25) is 0 Å². The highest BCUT2D eigenvalue weighted by Crippen LogP contribution is 2.40. The molecule has 1 aromatic heterocycles. The third-order valence-corrected chi connectivity index (χ3v) is 5.49. The van der Waals surface area contributed by atoms with Crippen molar-refractivity contribution < 1.29 is 19.1 Å². The number of aryl methyl sites for hydroxylation is 2. The highest BCUT2D eigenvalue weighted by molar-refractivity contribution is 7.17. The average Bonchev–Trinajstić information content (AvgIpc) is 3.02. The van der Waals surface area contributed by atoms with E-state index >= 15 is 0 Å². The molecular formula is C22H20ClNO4S. The summed E-state index contributed by atoms with van der Waals surface area (Å²) >= 11 is 7.42. The molecule has 29 heavy (non-hydrogen) atoms. The summed E-state index contributed by atoms with van der Waals surface area (Å²) in [6.45, 7) is 3.68. The zero-order valence-electron chi connectivity index (χ0n) is 16.2. The quantitative estimate of drug-likeness (QED) is 0.526. The van der Waals surface area contributed by atoms with Crippen molar-refractivity contribution in [3.63, 3.8) is 0 Å². The Bertz CT molecular complexity index is 1040. The number of nitrogens with one attached hydrogen (secondary N) is 1. The van der Waals surface area contributed by atoms with Crippen molar-refractivity contribution >= 4 is 39.8 Å². The van der Waals surface area contributed by atoms with Crippen LogP contribution in [0.3, 0.4) is 0 Å². The summed E-state index contributed by atoms with van der Waals surface area (Å²) in [4.78, 5) is 25.8. The number of anilines is 1. The molecule has 1 heterocycles. The van der Waals surface area contributed by atoms with Gasteiger partial charge < -0.3 is 14.8 Å². The van der Waals surface area contributed by atoms with E-state index in [0.29, 0.717) is 26.9 Å². The largest absolute Gasteiger partial charge is 0.484 e. The summed E-state index contributed by atoms with van der Waals surface area (Å²) in [6, 6.07) is 14.6. The van der Waals surface area contributed by atoms with Crippen LogP contribution in [0, 0.1) is 13.8 Å². The van der Waals surface area contributed by atoms with E-state index in [2.05, 4.69) is 5.32 Å². The van der Waals surface area contributed by atoms with Gasteiger partial charge in [0.1, 0.15) is 16.3 Å². The van der Waals surface area contributed by atoms with Gasteiger partial charge in [0, 0.05) is 15.5 Å². The number of hydrogen-bond acceptors (Lipinski definition) is 5. The van der Waals surface area contributed by atoms with Gasteiger partial charge in [-0.15, -0.1) is 11.3 Å². The number of carbonyl (C=O) groups excluding carboxylic acids is 2. The Hall–Kier alpha value is -2.83. The average molecular weight is 430 g/mol. The lowest BCUT2D eigenvalue weighted by Gasteiger charge is -2.09. The minimum atomic E-state index is -0.529. The number of hydrogen-bond donors (Lipinski definition) is 1. The van der Waals surface area contributed by atoms with E-state index in [1.54, 1.807) is 24.3 Å². The van der Waals surface area contributed by atoms with Gasteiger partial charge in [-0.25, -0.2) is 4.79 Å². The zero-order chi connectivity index (χ0) is 21.0. The van der Waals surface area contributed by atoms with Crippen molar-refractivity contribution in [1.82, 2.24) is 0 Å². The topological polar surface area (TPSA) is 64.6 Å². The molecule has 0 aliphatic carbocycles. The van der Waals surface area contributed by atoms with Crippen LogP contribution in [0.25, 0.3) is 11.1 Å². The minimum Gasteiger partial charge on any atom is -0.484 e. The van der Waals surface area contributed by atoms with E-state index in [-0.39, 0.29) is 12.5 Å². The number of rotatable bonds is 6. The molecular weight excluding hydrogens is 410 g/mol. The van der Waals surface area contributed by atoms with Crippen molar-refractivity contribution in [1.29, 1.82) is 0 Å². The van der Waals surface area contributed by atoms with Crippen molar-refractivity contribution in [2.75, 3.05) is 19.0 Å². The molecule has 150 valence electrons. The van der Waals surface area contributed by atoms with Gasteiger partial charge in [-0.1, -0.05) is 41.4 Å². The van der Waals surface area contributed by atoms with Gasteiger partial charge in [-0.3, -0.25) is 4.79 Å². The highest BCUT2D eigenvalue weighted by atomic mass is 35.5. The Morgan fingerprint density at radius 1 is 1.10 bits per heavy atom. The van der Waals surface area contributed by atoms with Crippen molar-refractivity contribution in [2.45, 2.75) is 13.8 Å². The predicted octanol–water partition coefficient (Wildman–Crippen LogP) is 5.49. The maximum Gasteiger partial charge on any atom is 0.341 e. The van der Waals surface area contributed by atoms with Crippen molar-refractivity contribution in [3.05, 3.63) is 69.6 Å². The molecule has 0 atom stereocenters. The molecule has 0 spiro atoms. The fourth-order valence-corrected chi connectivity index (χ4v) is 4.14. The molecule has 1 N–H and O–H groups in total. The lowest BCUT2D eigenvalue weighted by atomic mass is 10.0. The van der Waals surface area contributed by atoms with Gasteiger partial charge in [0.05, 0.1) is 7.11 Å². The molecule has 0 saturated heterocycles. The van der Waals surface area contributed by atoms with E-state index in [1.165, 1.54) is 18.4 Å². The fraction of sp³-hybridized carbons (Fsp3) is 0.182. The monoisotopic (exact) mass is 429 g/mol. The van der Waals surface area contributed by atoms with Crippen LogP contribution in [0.5, 0.6) is 5.75 Å². The maximum atomic E-state index is 12.5. The molecule has 3 aromatic rings. The predicted molar refractivity (Wildman–Crippen MR) is 116 cm³/mol. The Morgan fingerprint density at radius 2 is 1.83 bits per heavy atom. The van der Waals surface area contributed by atoms with Crippen LogP contribution < -0.4 is 10.1 Å². The van der Waals surface area contributed by atoms with E-state index < -0.39 is 5.97 Å². The minimum absolute atomic E-state index is 0.173. The second-order valence-electron chi connectivity index (χ2n) is 6.39. The van der Waals surface area contributed by atoms with Gasteiger partial charge in [-0.05, 0) is 43.7 Å². The van der Waals surface area contributed by atoms with Gasteiger partial charge in [0.15, 0.2) is 6.61 Å². The summed E-state index contributed by atoms with van der Waals surface area (Å²) in [5.41, 5.74) is 2.88.